The molecule has 5 aromatic rings. The second-order valence-electron chi connectivity index (χ2n) is 12.0. The van der Waals surface area contributed by atoms with Crippen molar-refractivity contribution in [2.45, 2.75) is 39.3 Å². The Morgan fingerprint density at radius 2 is 1.74 bits per heavy atom. The molecule has 5 rings (SSSR count). The molecule has 0 spiro atoms. The lowest BCUT2D eigenvalue weighted by atomic mass is 10.0. The van der Waals surface area contributed by atoms with Gasteiger partial charge in [-0.3, -0.25) is 4.98 Å². The van der Waals surface area contributed by atoms with E-state index in [1.54, 1.807) is 35.5 Å². The van der Waals surface area contributed by atoms with Crippen molar-refractivity contribution in [3.8, 4) is 11.1 Å². The van der Waals surface area contributed by atoms with Gasteiger partial charge in [0.2, 0.25) is 0 Å². The lowest BCUT2D eigenvalue weighted by Gasteiger charge is -2.28. The highest BCUT2D eigenvalue weighted by molar-refractivity contribution is 6.33. The van der Waals surface area contributed by atoms with E-state index in [0.717, 1.165) is 39.3 Å². The Balaban J connectivity index is 1.17. The van der Waals surface area contributed by atoms with E-state index >= 15 is 0 Å². The van der Waals surface area contributed by atoms with E-state index in [1.807, 2.05) is 75.4 Å². The predicted molar refractivity (Wildman–Crippen MR) is 184 cm³/mol. The Morgan fingerprint density at radius 1 is 0.935 bits per heavy atom. The first-order valence-corrected chi connectivity index (χ1v) is 15.6. The number of ether oxygens (including phenoxy) is 1. The maximum absolute atomic E-state index is 13.1. The molecule has 3 N–H and O–H groups in total. The molecule has 46 heavy (non-hydrogen) atoms. The Kier molecular flexibility index (Phi) is 10.3. The topological polar surface area (TPSA) is 117 Å². The van der Waals surface area contributed by atoms with Gasteiger partial charge >= 0.3 is 12.1 Å². The summed E-state index contributed by atoms with van der Waals surface area (Å²) in [7, 11) is 0. The predicted octanol–water partition coefficient (Wildman–Crippen LogP) is 7.63. The maximum Gasteiger partial charge on any atom is 0.410 e. The largest absolute Gasteiger partial charge is 0.478 e. The fourth-order valence-corrected chi connectivity index (χ4v) is 5.51. The summed E-state index contributed by atoms with van der Waals surface area (Å²) in [5.74, 6) is -0.328. The number of carbonyl (C=O) groups is 2. The van der Waals surface area contributed by atoms with E-state index in [9.17, 15) is 14.7 Å². The molecule has 0 bridgehead atoms. The van der Waals surface area contributed by atoms with Gasteiger partial charge in [-0.15, -0.1) is 0 Å². The number of hydrogen-bond donors (Lipinski definition) is 3. The quantitative estimate of drug-likeness (QED) is 0.0942. The fraction of sp³-hybridized carbons (Fsp3) is 0.278. The van der Waals surface area contributed by atoms with Crippen LogP contribution in [0, 0.1) is 0 Å². The van der Waals surface area contributed by atoms with Crippen LogP contribution in [-0.4, -0.2) is 63.8 Å². The molecule has 3 aromatic carbocycles. The van der Waals surface area contributed by atoms with Crippen LogP contribution in [-0.2, 0) is 11.3 Å². The summed E-state index contributed by atoms with van der Waals surface area (Å²) in [5.41, 5.74) is 3.07. The number of anilines is 1. The molecule has 238 valence electrons. The molecule has 2 aromatic heterocycles. The third kappa shape index (κ3) is 8.29. The molecule has 0 fully saturated rings. The van der Waals surface area contributed by atoms with Gasteiger partial charge in [-0.2, -0.15) is 0 Å². The second-order valence-corrected chi connectivity index (χ2v) is 12.4. The van der Waals surface area contributed by atoms with Crippen LogP contribution in [0.2, 0.25) is 5.02 Å². The van der Waals surface area contributed by atoms with Gasteiger partial charge in [0.15, 0.2) is 0 Å². The molecule has 0 aliphatic carbocycles. The van der Waals surface area contributed by atoms with Crippen molar-refractivity contribution >= 4 is 51.2 Å². The number of nitrogens with one attached hydrogen (secondary N) is 2. The molecule has 0 radical (unpaired) electrons. The number of hydrogen-bond acceptors (Lipinski definition) is 7. The average Bonchev–Trinajstić information content (AvgIpc) is 3.03. The first-order valence-electron chi connectivity index (χ1n) is 15.3. The van der Waals surface area contributed by atoms with Crippen molar-refractivity contribution in [3.05, 3.63) is 101 Å². The van der Waals surface area contributed by atoms with Crippen LogP contribution < -0.4 is 10.6 Å². The zero-order valence-electron chi connectivity index (χ0n) is 26.2. The van der Waals surface area contributed by atoms with Crippen molar-refractivity contribution in [3.63, 3.8) is 0 Å². The lowest BCUT2D eigenvalue weighted by Crippen LogP contribution is -2.38. The highest BCUT2D eigenvalue weighted by Gasteiger charge is 2.22. The van der Waals surface area contributed by atoms with Crippen LogP contribution in [0.25, 0.3) is 32.8 Å². The number of carbonyl (C=O) groups excluding carboxylic acids is 1. The van der Waals surface area contributed by atoms with Crippen molar-refractivity contribution < 1.29 is 19.4 Å². The second kappa shape index (κ2) is 14.6. The number of pyridine rings is 2. The monoisotopic (exact) mass is 639 g/mol. The van der Waals surface area contributed by atoms with E-state index in [2.05, 4.69) is 15.6 Å². The number of rotatable bonds is 12. The van der Waals surface area contributed by atoms with Gasteiger partial charge in [0.25, 0.3) is 0 Å². The van der Waals surface area contributed by atoms with Crippen LogP contribution >= 0.6 is 11.6 Å². The summed E-state index contributed by atoms with van der Waals surface area (Å²) in [6, 6.07) is 22.7. The standard InChI is InChI=1S/C36H38ClN5O4/c1-36(2,3)46-35(45)42(23-24-10-12-27(31(37)20-24)25-8-5-4-6-9-25)19-7-15-38-17-18-40-33-29-14-16-39-22-30(29)28-13-11-26(34(43)44)21-32(28)41-33/h4-6,8-14,16,20-22,38H,7,15,17-19,23H2,1-3H3,(H,40,41)(H,43,44). The van der Waals surface area contributed by atoms with Crippen LogP contribution in [0.4, 0.5) is 10.6 Å². The normalized spacial score (nSPS) is 11.5. The Morgan fingerprint density at radius 3 is 2.48 bits per heavy atom. The van der Waals surface area contributed by atoms with Gasteiger partial charge in [0.05, 0.1) is 11.1 Å². The highest BCUT2D eigenvalue weighted by Crippen LogP contribution is 2.30. The molecule has 1 amide bonds. The molecule has 0 aliphatic rings. The van der Waals surface area contributed by atoms with E-state index in [4.69, 9.17) is 21.3 Å². The molecule has 2 heterocycles. The SMILES string of the molecule is CC(C)(C)OC(=O)N(CCCNCCNc1nc2cc(C(=O)O)ccc2c2cnccc12)Cc1ccc(-c2ccccc2)c(Cl)c1. The summed E-state index contributed by atoms with van der Waals surface area (Å²) < 4.78 is 5.71. The van der Waals surface area contributed by atoms with Crippen LogP contribution in [0.3, 0.4) is 0 Å². The number of aromatic nitrogens is 2. The molecular weight excluding hydrogens is 602 g/mol. The highest BCUT2D eigenvalue weighted by atomic mass is 35.5. The fourth-order valence-electron chi connectivity index (χ4n) is 5.20. The van der Waals surface area contributed by atoms with Gasteiger partial charge < -0.3 is 25.4 Å². The molecule has 0 aliphatic heterocycles. The van der Waals surface area contributed by atoms with Crippen molar-refractivity contribution in [2.24, 2.45) is 0 Å². The third-order valence-corrected chi connectivity index (χ3v) is 7.68. The molecule has 9 nitrogen and oxygen atoms in total. The number of nitrogens with zero attached hydrogens (tertiary/aromatic N) is 3. The lowest BCUT2D eigenvalue weighted by molar-refractivity contribution is 0.0231. The van der Waals surface area contributed by atoms with E-state index in [1.165, 1.54) is 0 Å². The summed E-state index contributed by atoms with van der Waals surface area (Å²) >= 11 is 6.65. The van der Waals surface area contributed by atoms with Gasteiger partial charge in [0.1, 0.15) is 11.4 Å². The smallest absolute Gasteiger partial charge is 0.410 e. The zero-order chi connectivity index (χ0) is 32.7. The number of carboxylic acid groups (broad SMARTS) is 1. The number of amides is 1. The summed E-state index contributed by atoms with van der Waals surface area (Å²) in [6.07, 6.45) is 3.83. The number of carboxylic acids is 1. The Labute approximate surface area is 273 Å². The third-order valence-electron chi connectivity index (χ3n) is 7.36. The van der Waals surface area contributed by atoms with Gasteiger partial charge in [-0.25, -0.2) is 14.6 Å². The van der Waals surface area contributed by atoms with Gasteiger partial charge in [-0.1, -0.05) is 60.1 Å². The molecular formula is C36H38ClN5O4. The molecule has 0 saturated carbocycles. The molecule has 0 unspecified atom stereocenters. The first kappa shape index (κ1) is 32.7. The summed E-state index contributed by atoms with van der Waals surface area (Å²) in [5, 5.41) is 19.5. The molecule has 0 atom stereocenters. The maximum atomic E-state index is 13.1. The minimum Gasteiger partial charge on any atom is -0.478 e. The average molecular weight is 640 g/mol. The molecule has 10 heteroatoms. The van der Waals surface area contributed by atoms with Crippen molar-refractivity contribution in [2.75, 3.05) is 31.5 Å². The molecule has 0 saturated heterocycles. The van der Waals surface area contributed by atoms with E-state index in [0.29, 0.717) is 49.1 Å². The Hall–Kier alpha value is -4.73. The zero-order valence-corrected chi connectivity index (χ0v) is 27.0. The first-order chi connectivity index (χ1) is 22.1. The van der Waals surface area contributed by atoms with Crippen LogP contribution in [0.1, 0.15) is 43.1 Å². The number of fused-ring (bicyclic) bond motifs is 3. The van der Waals surface area contributed by atoms with Gasteiger partial charge in [0, 0.05) is 65.3 Å². The minimum atomic E-state index is -0.997. The number of benzene rings is 3. The summed E-state index contributed by atoms with van der Waals surface area (Å²) in [4.78, 5) is 35.3. The number of halogens is 1. The van der Waals surface area contributed by atoms with Crippen molar-refractivity contribution in [1.29, 1.82) is 0 Å². The Bertz CT molecular complexity index is 1840. The van der Waals surface area contributed by atoms with E-state index in [-0.39, 0.29) is 11.7 Å². The minimum absolute atomic E-state index is 0.184. The van der Waals surface area contributed by atoms with Gasteiger partial charge in [-0.05, 0) is 69.1 Å². The number of aromatic carboxylic acids is 1. The van der Waals surface area contributed by atoms with E-state index < -0.39 is 11.6 Å². The van der Waals surface area contributed by atoms with Crippen molar-refractivity contribution in [1.82, 2.24) is 20.2 Å². The summed E-state index contributed by atoms with van der Waals surface area (Å²) in [6.45, 7) is 8.40. The van der Waals surface area contributed by atoms with Crippen LogP contribution in [0.5, 0.6) is 0 Å². The van der Waals surface area contributed by atoms with Crippen LogP contribution in [0.15, 0.2) is 85.2 Å².